The van der Waals surface area contributed by atoms with Crippen LogP contribution in [0.5, 0.6) is 0 Å². The molecule has 1 aliphatic heterocycles. The number of carbonyl (C=O) groups excluding carboxylic acids is 1. The number of rotatable bonds is 2. The first-order valence-corrected chi connectivity index (χ1v) is 8.69. The number of halogens is 2. The summed E-state index contributed by atoms with van der Waals surface area (Å²) in [6.45, 7) is 0. The van der Waals surface area contributed by atoms with Gasteiger partial charge in [0.1, 0.15) is 0 Å². The summed E-state index contributed by atoms with van der Waals surface area (Å²) in [7, 11) is 0. The van der Waals surface area contributed by atoms with Crippen molar-refractivity contribution in [2.45, 2.75) is 0 Å². The molecule has 22 heavy (non-hydrogen) atoms. The minimum atomic E-state index is -0.127. The molecule has 3 rings (SSSR count). The van der Waals surface area contributed by atoms with Gasteiger partial charge in [0.05, 0.1) is 10.6 Å². The van der Waals surface area contributed by atoms with Gasteiger partial charge >= 0.3 is 0 Å². The SMILES string of the molecule is O=C1NC(=Nc2ccc(Cl)cc2)S/C1=C\c1ccccc1I. The Balaban J connectivity index is 1.84. The van der Waals surface area contributed by atoms with Crippen molar-refractivity contribution < 1.29 is 4.79 Å². The molecule has 0 saturated carbocycles. The number of hydrogen-bond donors (Lipinski definition) is 1. The standard InChI is InChI=1S/C16H10ClIN2OS/c17-11-5-7-12(8-6-11)19-16-20-15(21)14(22-16)9-10-3-1-2-4-13(10)18/h1-9H,(H,19,20,21)/b14-9-. The molecule has 1 fully saturated rings. The van der Waals surface area contributed by atoms with Gasteiger partial charge in [-0.25, -0.2) is 4.99 Å². The number of amidine groups is 1. The van der Waals surface area contributed by atoms with Crippen LogP contribution in [-0.2, 0) is 4.79 Å². The fourth-order valence-electron chi connectivity index (χ4n) is 1.85. The van der Waals surface area contributed by atoms with Crippen LogP contribution in [0.25, 0.3) is 6.08 Å². The summed E-state index contributed by atoms with van der Waals surface area (Å²) in [5, 5.41) is 4.01. The molecule has 0 aliphatic carbocycles. The van der Waals surface area contributed by atoms with Gasteiger partial charge in [0.15, 0.2) is 5.17 Å². The highest BCUT2D eigenvalue weighted by molar-refractivity contribution is 14.1. The maximum atomic E-state index is 12.0. The number of benzene rings is 2. The van der Waals surface area contributed by atoms with E-state index in [0.29, 0.717) is 15.1 Å². The molecule has 0 radical (unpaired) electrons. The van der Waals surface area contributed by atoms with E-state index in [0.717, 1.165) is 14.8 Å². The second-order valence-electron chi connectivity index (χ2n) is 4.48. The zero-order valence-corrected chi connectivity index (χ0v) is 14.9. The van der Waals surface area contributed by atoms with Crippen LogP contribution >= 0.6 is 46.0 Å². The highest BCUT2D eigenvalue weighted by Gasteiger charge is 2.23. The fourth-order valence-corrected chi connectivity index (χ4v) is 3.35. The summed E-state index contributed by atoms with van der Waals surface area (Å²) in [5.41, 5.74) is 1.77. The van der Waals surface area contributed by atoms with Gasteiger partial charge in [-0.15, -0.1) is 0 Å². The summed E-state index contributed by atoms with van der Waals surface area (Å²) in [6, 6.07) is 15.1. The van der Waals surface area contributed by atoms with E-state index in [2.05, 4.69) is 32.9 Å². The second kappa shape index (κ2) is 6.85. The molecule has 1 saturated heterocycles. The van der Waals surface area contributed by atoms with Crippen molar-refractivity contribution in [2.75, 3.05) is 0 Å². The highest BCUT2D eigenvalue weighted by atomic mass is 127. The molecule has 6 heteroatoms. The molecule has 110 valence electrons. The summed E-state index contributed by atoms with van der Waals surface area (Å²) < 4.78 is 1.10. The number of nitrogens with zero attached hydrogens (tertiary/aromatic N) is 1. The first-order chi connectivity index (χ1) is 10.6. The summed E-state index contributed by atoms with van der Waals surface area (Å²) in [5.74, 6) is -0.127. The van der Waals surface area contributed by atoms with Crippen LogP contribution < -0.4 is 5.32 Å². The molecule has 1 N–H and O–H groups in total. The first-order valence-electron chi connectivity index (χ1n) is 6.41. The first kappa shape index (κ1) is 15.6. The lowest BCUT2D eigenvalue weighted by Gasteiger charge is -1.98. The van der Waals surface area contributed by atoms with Crippen molar-refractivity contribution in [1.82, 2.24) is 5.32 Å². The molecular formula is C16H10ClIN2OS. The fraction of sp³-hybridized carbons (Fsp3) is 0. The normalized spacial score (nSPS) is 18.0. The Morgan fingerprint density at radius 3 is 2.59 bits per heavy atom. The van der Waals surface area contributed by atoms with Gasteiger partial charge in [0.25, 0.3) is 5.91 Å². The van der Waals surface area contributed by atoms with Crippen LogP contribution in [0.15, 0.2) is 58.4 Å². The number of aliphatic imine (C=N–C) groups is 1. The number of amides is 1. The Hall–Kier alpha value is -1.31. The highest BCUT2D eigenvalue weighted by Crippen LogP contribution is 2.29. The van der Waals surface area contributed by atoms with Crippen LogP contribution in [0.2, 0.25) is 5.02 Å². The monoisotopic (exact) mass is 440 g/mol. The van der Waals surface area contributed by atoms with Gasteiger partial charge in [-0.1, -0.05) is 29.8 Å². The molecule has 0 aromatic heterocycles. The molecule has 2 aromatic rings. The lowest BCUT2D eigenvalue weighted by molar-refractivity contribution is -0.115. The zero-order valence-electron chi connectivity index (χ0n) is 11.2. The molecule has 0 bridgehead atoms. The molecule has 3 nitrogen and oxygen atoms in total. The Labute approximate surface area is 151 Å². The van der Waals surface area contributed by atoms with E-state index in [9.17, 15) is 4.79 Å². The average molecular weight is 441 g/mol. The number of thioether (sulfide) groups is 1. The van der Waals surface area contributed by atoms with Crippen LogP contribution in [0, 0.1) is 3.57 Å². The lowest BCUT2D eigenvalue weighted by atomic mass is 10.2. The molecule has 2 aromatic carbocycles. The van der Waals surface area contributed by atoms with Gasteiger partial charge in [-0.2, -0.15) is 0 Å². The molecule has 0 spiro atoms. The third-order valence-electron chi connectivity index (χ3n) is 2.90. The van der Waals surface area contributed by atoms with Gasteiger partial charge in [0, 0.05) is 8.59 Å². The Bertz CT molecular complexity index is 787. The van der Waals surface area contributed by atoms with Gasteiger partial charge in [0.2, 0.25) is 0 Å². The van der Waals surface area contributed by atoms with E-state index in [1.54, 1.807) is 12.1 Å². The second-order valence-corrected chi connectivity index (χ2v) is 7.11. The predicted molar refractivity (Wildman–Crippen MR) is 101 cm³/mol. The zero-order chi connectivity index (χ0) is 15.5. The Morgan fingerprint density at radius 2 is 1.86 bits per heavy atom. The Morgan fingerprint density at radius 1 is 1.14 bits per heavy atom. The van der Waals surface area contributed by atoms with Crippen LogP contribution in [0.1, 0.15) is 5.56 Å². The molecule has 0 unspecified atom stereocenters. The minimum Gasteiger partial charge on any atom is -0.300 e. The van der Waals surface area contributed by atoms with Crippen LogP contribution in [0.3, 0.4) is 0 Å². The average Bonchev–Trinajstić information content (AvgIpc) is 2.84. The molecular weight excluding hydrogens is 431 g/mol. The van der Waals surface area contributed by atoms with E-state index < -0.39 is 0 Å². The molecule has 0 atom stereocenters. The van der Waals surface area contributed by atoms with E-state index in [-0.39, 0.29) is 5.91 Å². The van der Waals surface area contributed by atoms with E-state index in [1.165, 1.54) is 11.8 Å². The largest absolute Gasteiger partial charge is 0.300 e. The summed E-state index contributed by atoms with van der Waals surface area (Å²) >= 11 is 9.43. The van der Waals surface area contributed by atoms with Crippen molar-refractivity contribution in [2.24, 2.45) is 4.99 Å². The minimum absolute atomic E-state index is 0.127. The predicted octanol–water partition coefficient (Wildman–Crippen LogP) is 4.84. The van der Waals surface area contributed by atoms with Crippen molar-refractivity contribution in [3.63, 3.8) is 0 Å². The van der Waals surface area contributed by atoms with Crippen molar-refractivity contribution in [1.29, 1.82) is 0 Å². The summed E-state index contributed by atoms with van der Waals surface area (Å²) in [6.07, 6.45) is 1.88. The van der Waals surface area contributed by atoms with Crippen molar-refractivity contribution in [3.8, 4) is 0 Å². The third kappa shape index (κ3) is 3.71. The van der Waals surface area contributed by atoms with Crippen LogP contribution in [0.4, 0.5) is 5.69 Å². The van der Waals surface area contributed by atoms with E-state index in [1.807, 2.05) is 42.5 Å². The van der Waals surface area contributed by atoms with Crippen LogP contribution in [-0.4, -0.2) is 11.1 Å². The number of hydrogen-bond acceptors (Lipinski definition) is 3. The van der Waals surface area contributed by atoms with Gasteiger partial charge in [-0.05, 0) is 76.3 Å². The topological polar surface area (TPSA) is 41.5 Å². The molecule has 1 heterocycles. The maximum Gasteiger partial charge on any atom is 0.264 e. The quantitative estimate of drug-likeness (QED) is 0.536. The third-order valence-corrected chi connectivity index (χ3v) is 5.04. The van der Waals surface area contributed by atoms with Crippen molar-refractivity contribution >= 4 is 68.8 Å². The van der Waals surface area contributed by atoms with Gasteiger partial charge in [-0.3, -0.25) is 4.79 Å². The van der Waals surface area contributed by atoms with Gasteiger partial charge < -0.3 is 5.32 Å². The lowest BCUT2D eigenvalue weighted by Crippen LogP contribution is -2.19. The van der Waals surface area contributed by atoms with Crippen molar-refractivity contribution in [3.05, 3.63) is 67.6 Å². The van der Waals surface area contributed by atoms with E-state index in [4.69, 9.17) is 11.6 Å². The number of carbonyl (C=O) groups is 1. The maximum absolute atomic E-state index is 12.0. The molecule has 1 aliphatic rings. The Kier molecular flexibility index (Phi) is 4.85. The number of nitrogens with one attached hydrogen (secondary N) is 1. The molecule has 1 amide bonds. The van der Waals surface area contributed by atoms with E-state index >= 15 is 0 Å². The summed E-state index contributed by atoms with van der Waals surface area (Å²) in [4.78, 5) is 17.1. The smallest absolute Gasteiger partial charge is 0.264 e.